The molecule has 1 saturated carbocycles. The van der Waals surface area contributed by atoms with Gasteiger partial charge in [0.15, 0.2) is 11.5 Å². The predicted octanol–water partition coefficient (Wildman–Crippen LogP) is 2.49. The molecule has 1 atom stereocenters. The van der Waals surface area contributed by atoms with E-state index in [2.05, 4.69) is 30.8 Å². The van der Waals surface area contributed by atoms with Gasteiger partial charge in [0.1, 0.15) is 18.0 Å². The molecule has 1 aliphatic rings. The van der Waals surface area contributed by atoms with Gasteiger partial charge in [-0.05, 0) is 31.0 Å². The van der Waals surface area contributed by atoms with Crippen LogP contribution in [0, 0.1) is 0 Å². The highest BCUT2D eigenvalue weighted by atomic mass is 19.3. The van der Waals surface area contributed by atoms with Gasteiger partial charge in [0.25, 0.3) is 5.92 Å². The van der Waals surface area contributed by atoms with Gasteiger partial charge in [-0.3, -0.25) is 9.78 Å². The van der Waals surface area contributed by atoms with Crippen LogP contribution in [0.2, 0.25) is 0 Å². The number of anilines is 1. The van der Waals surface area contributed by atoms with Gasteiger partial charge in [-0.25, -0.2) is 22.6 Å². The van der Waals surface area contributed by atoms with Crippen molar-refractivity contribution in [2.75, 3.05) is 5.32 Å². The summed E-state index contributed by atoms with van der Waals surface area (Å²) in [7, 11) is 0. The number of aromatic carboxylic acids is 1. The SMILES string of the molecule is O=C(Cc1cc(OC2CC(F)(F)C2)ccn1)Nc1ccc(CC[C@@H](F)Cn2cc(C(=O)O)nn2)nn1. The van der Waals surface area contributed by atoms with E-state index in [1.54, 1.807) is 12.1 Å². The molecule has 0 bridgehead atoms. The lowest BCUT2D eigenvalue weighted by Crippen LogP contribution is -2.43. The number of nitrogens with zero attached hydrogens (tertiary/aromatic N) is 6. The lowest BCUT2D eigenvalue weighted by Gasteiger charge is -2.34. The van der Waals surface area contributed by atoms with Crippen LogP contribution < -0.4 is 10.1 Å². The fourth-order valence-electron chi connectivity index (χ4n) is 3.50. The number of carboxylic acid groups (broad SMARTS) is 1. The molecule has 1 aliphatic carbocycles. The first-order chi connectivity index (χ1) is 17.1. The number of aromatic nitrogens is 6. The summed E-state index contributed by atoms with van der Waals surface area (Å²) >= 11 is 0. The molecule has 0 saturated heterocycles. The van der Waals surface area contributed by atoms with Crippen molar-refractivity contribution >= 4 is 17.7 Å². The fraction of sp³-hybridized carbons (Fsp3) is 0.409. The number of nitrogens with one attached hydrogen (secondary N) is 1. The van der Waals surface area contributed by atoms with Crippen LogP contribution in [0.25, 0.3) is 0 Å². The molecule has 0 aromatic carbocycles. The number of amides is 1. The van der Waals surface area contributed by atoms with Gasteiger partial charge in [0, 0.05) is 25.1 Å². The molecular weight excluding hydrogens is 483 g/mol. The van der Waals surface area contributed by atoms with Gasteiger partial charge in [-0.2, -0.15) is 5.10 Å². The molecule has 1 amide bonds. The third-order valence-electron chi connectivity index (χ3n) is 5.33. The van der Waals surface area contributed by atoms with Crippen LogP contribution in [-0.2, 0) is 24.2 Å². The van der Waals surface area contributed by atoms with Crippen molar-refractivity contribution in [1.29, 1.82) is 0 Å². The lowest BCUT2D eigenvalue weighted by molar-refractivity contribution is -0.134. The van der Waals surface area contributed by atoms with Crippen LogP contribution in [0.15, 0.2) is 36.7 Å². The molecule has 0 unspecified atom stereocenters. The molecule has 0 radical (unpaired) electrons. The molecule has 190 valence electrons. The molecular formula is C22H22F3N7O4. The standard InChI is InChI=1S/C22H22F3N7O4/c23-13(11-32-12-18(21(34)35)29-31-32)1-2-14-3-4-19(30-28-14)27-20(33)8-15-7-16(5-6-26-15)36-17-9-22(24,25)10-17/h3-7,12-13,17H,1-2,8-11H2,(H,34,35)(H,27,30,33)/t13-/m1/s1. The number of alkyl halides is 3. The van der Waals surface area contributed by atoms with Crippen LogP contribution in [0.4, 0.5) is 19.0 Å². The number of aryl methyl sites for hydroxylation is 1. The number of ether oxygens (including phenoxy) is 1. The highest BCUT2D eigenvalue weighted by Gasteiger charge is 2.47. The maximum atomic E-state index is 14.2. The van der Waals surface area contributed by atoms with Crippen LogP contribution in [0.3, 0.4) is 0 Å². The van der Waals surface area contributed by atoms with E-state index in [1.165, 1.54) is 18.3 Å². The molecule has 1 fully saturated rings. The first-order valence-electron chi connectivity index (χ1n) is 11.0. The summed E-state index contributed by atoms with van der Waals surface area (Å²) in [6, 6.07) is 6.21. The minimum absolute atomic E-state index is 0.0864. The van der Waals surface area contributed by atoms with Crippen LogP contribution in [0.1, 0.15) is 41.1 Å². The molecule has 3 heterocycles. The summed E-state index contributed by atoms with van der Waals surface area (Å²) in [5.74, 6) is -3.76. The number of hydrogen-bond donors (Lipinski definition) is 2. The Hall–Kier alpha value is -4.10. The number of halogens is 3. The topological polar surface area (TPSA) is 145 Å². The van der Waals surface area contributed by atoms with Gasteiger partial charge in [-0.15, -0.1) is 10.2 Å². The van der Waals surface area contributed by atoms with Gasteiger partial charge < -0.3 is 15.2 Å². The zero-order valence-corrected chi connectivity index (χ0v) is 18.9. The Kier molecular flexibility index (Phi) is 7.41. The van der Waals surface area contributed by atoms with Gasteiger partial charge in [-0.1, -0.05) is 5.21 Å². The predicted molar refractivity (Wildman–Crippen MR) is 117 cm³/mol. The van der Waals surface area contributed by atoms with Crippen molar-refractivity contribution in [2.45, 2.75) is 56.8 Å². The molecule has 11 nitrogen and oxygen atoms in total. The second-order valence-electron chi connectivity index (χ2n) is 8.39. The fourth-order valence-corrected chi connectivity index (χ4v) is 3.50. The number of hydrogen-bond acceptors (Lipinski definition) is 8. The van der Waals surface area contributed by atoms with E-state index in [-0.39, 0.29) is 50.2 Å². The highest BCUT2D eigenvalue weighted by Crippen LogP contribution is 2.39. The Labute approximate surface area is 202 Å². The maximum Gasteiger partial charge on any atom is 0.358 e. The molecule has 36 heavy (non-hydrogen) atoms. The first kappa shape index (κ1) is 25.0. The third-order valence-corrected chi connectivity index (χ3v) is 5.33. The lowest BCUT2D eigenvalue weighted by atomic mass is 9.91. The molecule has 4 rings (SSSR count). The van der Waals surface area contributed by atoms with E-state index >= 15 is 0 Å². The smallest absolute Gasteiger partial charge is 0.358 e. The zero-order valence-electron chi connectivity index (χ0n) is 18.9. The molecule has 2 N–H and O–H groups in total. The third kappa shape index (κ3) is 6.96. The molecule has 3 aromatic heterocycles. The summed E-state index contributed by atoms with van der Waals surface area (Å²) in [6.45, 7) is -0.144. The minimum atomic E-state index is -2.68. The van der Waals surface area contributed by atoms with Crippen LogP contribution >= 0.6 is 0 Å². The Morgan fingerprint density at radius 1 is 1.19 bits per heavy atom. The Bertz CT molecular complexity index is 1210. The van der Waals surface area contributed by atoms with Crippen molar-refractivity contribution < 1.29 is 32.6 Å². The van der Waals surface area contributed by atoms with E-state index in [0.717, 1.165) is 10.9 Å². The zero-order chi connectivity index (χ0) is 25.7. The monoisotopic (exact) mass is 505 g/mol. The highest BCUT2D eigenvalue weighted by molar-refractivity contribution is 5.91. The number of pyridine rings is 1. The normalized spacial score (nSPS) is 15.6. The summed E-state index contributed by atoms with van der Waals surface area (Å²) < 4.78 is 46.7. The summed E-state index contributed by atoms with van der Waals surface area (Å²) in [6.07, 6.45) is 0.355. The Morgan fingerprint density at radius 3 is 2.67 bits per heavy atom. The Balaban J connectivity index is 1.21. The quantitative estimate of drug-likeness (QED) is 0.401. The largest absolute Gasteiger partial charge is 0.490 e. The molecule has 14 heteroatoms. The number of carbonyl (C=O) groups excluding carboxylic acids is 1. The van der Waals surface area contributed by atoms with Crippen LogP contribution in [0.5, 0.6) is 5.75 Å². The van der Waals surface area contributed by atoms with Gasteiger partial charge in [0.2, 0.25) is 5.91 Å². The van der Waals surface area contributed by atoms with E-state index in [1.807, 2.05) is 0 Å². The summed E-state index contributed by atoms with van der Waals surface area (Å²) in [5, 5.41) is 26.3. The number of rotatable bonds is 11. The van der Waals surface area contributed by atoms with E-state index in [4.69, 9.17) is 9.84 Å². The number of carboxylic acids is 1. The summed E-state index contributed by atoms with van der Waals surface area (Å²) in [4.78, 5) is 27.2. The van der Waals surface area contributed by atoms with Crippen molar-refractivity contribution in [3.8, 4) is 5.75 Å². The van der Waals surface area contributed by atoms with Gasteiger partial charge >= 0.3 is 5.97 Å². The van der Waals surface area contributed by atoms with Crippen molar-refractivity contribution in [3.05, 3.63) is 53.7 Å². The van der Waals surface area contributed by atoms with E-state index in [9.17, 15) is 22.8 Å². The number of carbonyl (C=O) groups is 2. The van der Waals surface area contributed by atoms with Crippen molar-refractivity contribution in [1.82, 2.24) is 30.2 Å². The molecule has 0 spiro atoms. The Morgan fingerprint density at radius 2 is 2.00 bits per heavy atom. The minimum Gasteiger partial charge on any atom is -0.490 e. The van der Waals surface area contributed by atoms with Crippen LogP contribution in [-0.4, -0.2) is 65.4 Å². The second kappa shape index (κ2) is 10.7. The molecule has 3 aromatic rings. The average molecular weight is 505 g/mol. The van der Waals surface area contributed by atoms with E-state index in [0.29, 0.717) is 17.1 Å². The van der Waals surface area contributed by atoms with Crippen molar-refractivity contribution in [2.24, 2.45) is 0 Å². The van der Waals surface area contributed by atoms with E-state index < -0.39 is 30.1 Å². The second-order valence-corrected chi connectivity index (χ2v) is 8.39. The average Bonchev–Trinajstić information content (AvgIpc) is 3.26. The summed E-state index contributed by atoms with van der Waals surface area (Å²) in [5.41, 5.74) is 0.648. The maximum absolute atomic E-state index is 14.2. The first-order valence-corrected chi connectivity index (χ1v) is 11.0. The van der Waals surface area contributed by atoms with Crippen molar-refractivity contribution in [3.63, 3.8) is 0 Å². The molecule has 0 aliphatic heterocycles. The van der Waals surface area contributed by atoms with Gasteiger partial charge in [0.05, 0.1) is 30.6 Å².